The molecule has 0 aliphatic carbocycles. The first-order valence-corrected chi connectivity index (χ1v) is 7.12. The van der Waals surface area contributed by atoms with Crippen LogP contribution in [0.2, 0.25) is 0 Å². The number of ether oxygens (including phenoxy) is 1. The van der Waals surface area contributed by atoms with Crippen LogP contribution in [-0.4, -0.2) is 24.6 Å². The molecule has 0 spiro atoms. The van der Waals surface area contributed by atoms with Gasteiger partial charge in [0.25, 0.3) is 5.91 Å². The van der Waals surface area contributed by atoms with Crippen molar-refractivity contribution < 1.29 is 9.53 Å². The van der Waals surface area contributed by atoms with E-state index in [0.29, 0.717) is 12.5 Å². The maximum atomic E-state index is 12.0. The number of nitrogens with one attached hydrogen (secondary N) is 1. The van der Waals surface area contributed by atoms with Gasteiger partial charge in [-0.05, 0) is 43.9 Å². The molecule has 2 atom stereocenters. The third kappa shape index (κ3) is 4.53. The average molecular weight is 278 g/mol. The molecular weight excluding hydrogens is 252 g/mol. The minimum Gasteiger partial charge on any atom is -0.481 e. The van der Waals surface area contributed by atoms with Gasteiger partial charge in [-0.2, -0.15) is 0 Å². The first kappa shape index (κ1) is 16.5. The van der Waals surface area contributed by atoms with Crippen molar-refractivity contribution >= 4 is 5.91 Å². The lowest BCUT2D eigenvalue weighted by Gasteiger charge is -2.19. The summed E-state index contributed by atoms with van der Waals surface area (Å²) in [5, 5.41) is 2.82. The molecule has 4 heteroatoms. The molecule has 0 saturated carbocycles. The second-order valence-corrected chi connectivity index (χ2v) is 5.59. The topological polar surface area (TPSA) is 64.3 Å². The summed E-state index contributed by atoms with van der Waals surface area (Å²) < 4.78 is 5.79. The van der Waals surface area contributed by atoms with Gasteiger partial charge < -0.3 is 15.8 Å². The Morgan fingerprint density at radius 1 is 1.30 bits per heavy atom. The fourth-order valence-corrected chi connectivity index (χ4v) is 1.77. The van der Waals surface area contributed by atoms with Crippen LogP contribution in [0.5, 0.6) is 5.75 Å². The van der Waals surface area contributed by atoms with Crippen molar-refractivity contribution in [1.29, 1.82) is 0 Å². The van der Waals surface area contributed by atoms with Gasteiger partial charge in [0.15, 0.2) is 6.10 Å². The largest absolute Gasteiger partial charge is 0.481 e. The highest BCUT2D eigenvalue weighted by molar-refractivity contribution is 5.81. The van der Waals surface area contributed by atoms with E-state index in [-0.39, 0.29) is 11.9 Å². The summed E-state index contributed by atoms with van der Waals surface area (Å²) >= 11 is 0. The highest BCUT2D eigenvalue weighted by Crippen LogP contribution is 2.25. The van der Waals surface area contributed by atoms with E-state index in [2.05, 4.69) is 25.2 Å². The van der Waals surface area contributed by atoms with E-state index in [1.54, 1.807) is 6.92 Å². The smallest absolute Gasteiger partial charge is 0.261 e. The Hall–Kier alpha value is -1.55. The molecule has 0 aliphatic heterocycles. The van der Waals surface area contributed by atoms with Gasteiger partial charge in [-0.3, -0.25) is 4.79 Å². The Morgan fingerprint density at radius 2 is 1.95 bits per heavy atom. The first-order chi connectivity index (χ1) is 9.35. The normalized spacial score (nSPS) is 13.9. The third-order valence-corrected chi connectivity index (χ3v) is 3.29. The number of rotatable bonds is 6. The predicted molar refractivity (Wildman–Crippen MR) is 82.0 cm³/mol. The van der Waals surface area contributed by atoms with Crippen LogP contribution < -0.4 is 15.8 Å². The first-order valence-electron chi connectivity index (χ1n) is 7.12. The van der Waals surface area contributed by atoms with Crippen molar-refractivity contribution in [3.8, 4) is 5.75 Å². The number of hydrogen-bond acceptors (Lipinski definition) is 3. The lowest BCUT2D eigenvalue weighted by atomic mass is 10.0. The van der Waals surface area contributed by atoms with Crippen LogP contribution in [0.3, 0.4) is 0 Å². The Bertz CT molecular complexity index is 458. The Kier molecular flexibility index (Phi) is 6.02. The Labute approximate surface area is 121 Å². The molecule has 4 nitrogen and oxygen atoms in total. The zero-order valence-electron chi connectivity index (χ0n) is 13.1. The van der Waals surface area contributed by atoms with Gasteiger partial charge in [0, 0.05) is 12.6 Å². The molecule has 0 bridgehead atoms. The monoisotopic (exact) mass is 278 g/mol. The highest BCUT2D eigenvalue weighted by Gasteiger charge is 2.17. The predicted octanol–water partition coefficient (Wildman–Crippen LogP) is 2.35. The number of aryl methyl sites for hydroxylation is 1. The summed E-state index contributed by atoms with van der Waals surface area (Å²) in [5.41, 5.74) is 7.73. The molecule has 20 heavy (non-hydrogen) atoms. The Balaban J connectivity index is 2.77. The SMILES string of the molecule is Cc1ccc(C(C)C)cc1OC(C)C(=O)N[C@@H](C)CN. The highest BCUT2D eigenvalue weighted by atomic mass is 16.5. The van der Waals surface area contributed by atoms with Crippen molar-refractivity contribution in [2.75, 3.05) is 6.54 Å². The summed E-state index contributed by atoms with van der Waals surface area (Å²) in [6.45, 7) is 10.3. The molecule has 0 heterocycles. The van der Waals surface area contributed by atoms with Crippen LogP contribution in [0.4, 0.5) is 0 Å². The van der Waals surface area contributed by atoms with E-state index < -0.39 is 6.10 Å². The minimum absolute atomic E-state index is 0.0448. The molecule has 112 valence electrons. The number of carbonyl (C=O) groups is 1. The molecule has 1 rings (SSSR count). The maximum absolute atomic E-state index is 12.0. The zero-order valence-corrected chi connectivity index (χ0v) is 13.1. The molecule has 0 fully saturated rings. The second-order valence-electron chi connectivity index (χ2n) is 5.59. The fourth-order valence-electron chi connectivity index (χ4n) is 1.77. The lowest BCUT2D eigenvalue weighted by molar-refractivity contribution is -0.127. The van der Waals surface area contributed by atoms with Gasteiger partial charge in [0.2, 0.25) is 0 Å². The van der Waals surface area contributed by atoms with Crippen LogP contribution >= 0.6 is 0 Å². The third-order valence-electron chi connectivity index (χ3n) is 3.29. The maximum Gasteiger partial charge on any atom is 0.261 e. The van der Waals surface area contributed by atoms with Crippen LogP contribution in [-0.2, 0) is 4.79 Å². The number of benzene rings is 1. The van der Waals surface area contributed by atoms with E-state index in [0.717, 1.165) is 11.3 Å². The van der Waals surface area contributed by atoms with Crippen LogP contribution in [0, 0.1) is 6.92 Å². The molecule has 1 amide bonds. The summed E-state index contributed by atoms with van der Waals surface area (Å²) in [7, 11) is 0. The number of nitrogens with two attached hydrogens (primary N) is 1. The van der Waals surface area contributed by atoms with Gasteiger partial charge in [-0.1, -0.05) is 26.0 Å². The van der Waals surface area contributed by atoms with E-state index in [1.165, 1.54) is 5.56 Å². The molecule has 0 aliphatic rings. The molecule has 0 radical (unpaired) electrons. The molecular formula is C16H26N2O2. The number of carbonyl (C=O) groups excluding carboxylic acids is 1. The molecule has 1 unspecified atom stereocenters. The Morgan fingerprint density at radius 3 is 2.50 bits per heavy atom. The van der Waals surface area contributed by atoms with Crippen molar-refractivity contribution in [2.24, 2.45) is 5.73 Å². The standard InChI is InChI=1S/C16H26N2O2/c1-10(2)14-7-6-11(3)15(8-14)20-13(5)16(19)18-12(4)9-17/h6-8,10,12-13H,9,17H2,1-5H3,(H,18,19)/t12-,13?/m0/s1. The quantitative estimate of drug-likeness (QED) is 0.839. The minimum atomic E-state index is -0.537. The van der Waals surface area contributed by atoms with Gasteiger partial charge in [0.05, 0.1) is 0 Å². The van der Waals surface area contributed by atoms with Crippen LogP contribution in [0.1, 0.15) is 44.7 Å². The molecule has 1 aromatic rings. The van der Waals surface area contributed by atoms with E-state index >= 15 is 0 Å². The molecule has 0 aromatic heterocycles. The number of hydrogen-bond donors (Lipinski definition) is 2. The average Bonchev–Trinajstić information content (AvgIpc) is 2.40. The van der Waals surface area contributed by atoms with Gasteiger partial charge in [-0.25, -0.2) is 0 Å². The van der Waals surface area contributed by atoms with Crippen molar-refractivity contribution in [3.05, 3.63) is 29.3 Å². The zero-order chi connectivity index (χ0) is 15.3. The van der Waals surface area contributed by atoms with E-state index in [4.69, 9.17) is 10.5 Å². The van der Waals surface area contributed by atoms with Crippen LogP contribution in [0.15, 0.2) is 18.2 Å². The van der Waals surface area contributed by atoms with Gasteiger partial charge in [0.1, 0.15) is 5.75 Å². The molecule has 1 aromatic carbocycles. The molecule has 0 saturated heterocycles. The summed E-state index contributed by atoms with van der Waals surface area (Å²) in [5.74, 6) is 1.05. The molecule has 3 N–H and O–H groups in total. The van der Waals surface area contributed by atoms with Crippen LogP contribution in [0.25, 0.3) is 0 Å². The van der Waals surface area contributed by atoms with E-state index in [1.807, 2.05) is 26.0 Å². The van der Waals surface area contributed by atoms with Gasteiger partial charge in [-0.15, -0.1) is 0 Å². The van der Waals surface area contributed by atoms with Crippen molar-refractivity contribution in [3.63, 3.8) is 0 Å². The second kappa shape index (κ2) is 7.29. The van der Waals surface area contributed by atoms with Crippen molar-refractivity contribution in [1.82, 2.24) is 5.32 Å². The van der Waals surface area contributed by atoms with Gasteiger partial charge >= 0.3 is 0 Å². The number of amides is 1. The summed E-state index contributed by atoms with van der Waals surface area (Å²) in [6, 6.07) is 6.08. The lowest BCUT2D eigenvalue weighted by Crippen LogP contribution is -2.44. The van der Waals surface area contributed by atoms with Crippen molar-refractivity contribution in [2.45, 2.75) is 52.7 Å². The fraction of sp³-hybridized carbons (Fsp3) is 0.562. The van der Waals surface area contributed by atoms with E-state index in [9.17, 15) is 4.79 Å². The summed E-state index contributed by atoms with van der Waals surface area (Å²) in [4.78, 5) is 12.0. The summed E-state index contributed by atoms with van der Waals surface area (Å²) in [6.07, 6.45) is -0.537.